The van der Waals surface area contributed by atoms with Gasteiger partial charge in [0.15, 0.2) is 0 Å². The minimum absolute atomic E-state index is 0.654. The van der Waals surface area contributed by atoms with E-state index in [1.165, 1.54) is 17.5 Å². The highest BCUT2D eigenvalue weighted by atomic mass is 32.2. The Balaban J connectivity index is 1.36. The summed E-state index contributed by atoms with van der Waals surface area (Å²) >= 11 is 1.74. The highest BCUT2D eigenvalue weighted by molar-refractivity contribution is 7.98. The van der Waals surface area contributed by atoms with Crippen molar-refractivity contribution >= 4 is 17.6 Å². The summed E-state index contributed by atoms with van der Waals surface area (Å²) in [6.07, 6.45) is 10.1. The van der Waals surface area contributed by atoms with E-state index in [9.17, 15) is 0 Å². The van der Waals surface area contributed by atoms with Crippen molar-refractivity contribution in [2.75, 3.05) is 18.0 Å². The minimum Gasteiger partial charge on any atom is -0.355 e. The molecule has 0 saturated carbocycles. The molecule has 134 valence electrons. The van der Waals surface area contributed by atoms with Gasteiger partial charge in [0, 0.05) is 32.1 Å². The zero-order chi connectivity index (χ0) is 17.8. The molecule has 1 aliphatic rings. The van der Waals surface area contributed by atoms with E-state index in [1.54, 1.807) is 11.8 Å². The minimum atomic E-state index is 0.654. The smallest absolute Gasteiger partial charge is 0.148 e. The van der Waals surface area contributed by atoms with Gasteiger partial charge in [-0.3, -0.25) is 9.67 Å². The van der Waals surface area contributed by atoms with Crippen molar-refractivity contribution < 1.29 is 0 Å². The molecule has 0 aliphatic carbocycles. The molecule has 1 fully saturated rings. The molecule has 4 rings (SSSR count). The first kappa shape index (κ1) is 17.1. The molecule has 0 spiro atoms. The maximum absolute atomic E-state index is 4.83. The van der Waals surface area contributed by atoms with Crippen molar-refractivity contribution in [3.63, 3.8) is 0 Å². The van der Waals surface area contributed by atoms with E-state index in [1.807, 2.05) is 36.4 Å². The Morgan fingerprint density at radius 2 is 2.00 bits per heavy atom. The average Bonchev–Trinajstić information content (AvgIpc) is 3.30. The molecule has 3 heterocycles. The molecule has 6 heteroatoms. The van der Waals surface area contributed by atoms with Gasteiger partial charge in [-0.15, -0.1) is 11.8 Å². The van der Waals surface area contributed by atoms with Gasteiger partial charge in [0.1, 0.15) is 10.8 Å². The number of nitrogens with zero attached hydrogens (tertiary/aromatic N) is 5. The Hall–Kier alpha value is -2.34. The van der Waals surface area contributed by atoms with Crippen LogP contribution in [0.25, 0.3) is 0 Å². The quantitative estimate of drug-likeness (QED) is 0.625. The van der Waals surface area contributed by atoms with Crippen molar-refractivity contribution in [2.45, 2.75) is 23.6 Å². The van der Waals surface area contributed by atoms with Gasteiger partial charge in [-0.25, -0.2) is 4.98 Å². The molecule has 0 amide bonds. The van der Waals surface area contributed by atoms with E-state index in [-0.39, 0.29) is 0 Å². The molecule has 26 heavy (non-hydrogen) atoms. The zero-order valence-electron chi connectivity index (χ0n) is 15.0. The third kappa shape index (κ3) is 4.25. The summed E-state index contributed by atoms with van der Waals surface area (Å²) in [6, 6.07) is 10.5. The molecule has 5 nitrogen and oxygen atoms in total. The number of benzene rings is 1. The van der Waals surface area contributed by atoms with Crippen LogP contribution in [0.1, 0.15) is 17.5 Å². The molecule has 1 aliphatic heterocycles. The van der Waals surface area contributed by atoms with E-state index in [2.05, 4.69) is 45.4 Å². The Morgan fingerprint density at radius 1 is 1.12 bits per heavy atom. The second-order valence-electron chi connectivity index (χ2n) is 6.82. The highest BCUT2D eigenvalue weighted by Crippen LogP contribution is 2.27. The number of rotatable bonds is 6. The molecular formula is C20H23N5S. The average molecular weight is 366 g/mol. The predicted molar refractivity (Wildman–Crippen MR) is 105 cm³/mol. The van der Waals surface area contributed by atoms with E-state index in [4.69, 9.17) is 4.98 Å². The molecule has 1 atom stereocenters. The summed E-state index contributed by atoms with van der Waals surface area (Å²) in [7, 11) is 1.97. The standard InChI is InChI=1S/C20H23N5S/c1-24-13-18(10-22-24)9-17-7-8-25(14-17)19-11-21-12-20(23-19)26-15-16-5-3-2-4-6-16/h2-6,10-13,17H,7-9,14-15H2,1H3. The molecule has 1 saturated heterocycles. The summed E-state index contributed by atoms with van der Waals surface area (Å²) in [4.78, 5) is 11.6. The third-order valence-corrected chi connectivity index (χ3v) is 5.69. The maximum atomic E-state index is 4.83. The molecule has 2 aromatic heterocycles. The number of thioether (sulfide) groups is 1. The SMILES string of the molecule is Cn1cc(CC2CCN(c3cncc(SCc4ccccc4)n3)C2)cn1. The van der Waals surface area contributed by atoms with Crippen LogP contribution in [-0.2, 0) is 19.2 Å². The van der Waals surface area contributed by atoms with Crippen molar-refractivity contribution in [1.82, 2.24) is 19.7 Å². The van der Waals surface area contributed by atoms with Gasteiger partial charge in [0.25, 0.3) is 0 Å². The largest absolute Gasteiger partial charge is 0.355 e. The fraction of sp³-hybridized carbons (Fsp3) is 0.350. The van der Waals surface area contributed by atoms with Gasteiger partial charge in [0.05, 0.1) is 18.6 Å². The number of hydrogen-bond acceptors (Lipinski definition) is 5. The Labute approximate surface area is 158 Å². The lowest BCUT2D eigenvalue weighted by atomic mass is 10.0. The normalized spacial score (nSPS) is 17.0. The van der Waals surface area contributed by atoms with E-state index in [0.29, 0.717) is 5.92 Å². The fourth-order valence-corrected chi connectivity index (χ4v) is 4.21. The van der Waals surface area contributed by atoms with Crippen LogP contribution in [0.4, 0.5) is 5.82 Å². The topological polar surface area (TPSA) is 46.8 Å². The van der Waals surface area contributed by atoms with Crippen LogP contribution in [-0.4, -0.2) is 32.8 Å². The zero-order valence-corrected chi connectivity index (χ0v) is 15.8. The lowest BCUT2D eigenvalue weighted by molar-refractivity contribution is 0.585. The van der Waals surface area contributed by atoms with Gasteiger partial charge < -0.3 is 4.90 Å². The van der Waals surface area contributed by atoms with Crippen molar-refractivity contribution in [2.24, 2.45) is 13.0 Å². The molecule has 1 unspecified atom stereocenters. The lowest BCUT2D eigenvalue weighted by Gasteiger charge is -2.17. The van der Waals surface area contributed by atoms with Crippen LogP contribution >= 0.6 is 11.8 Å². The summed E-state index contributed by atoms with van der Waals surface area (Å²) in [5.74, 6) is 2.57. The van der Waals surface area contributed by atoms with Gasteiger partial charge in [0.2, 0.25) is 0 Å². The Morgan fingerprint density at radius 3 is 2.81 bits per heavy atom. The van der Waals surface area contributed by atoms with Crippen LogP contribution in [0.5, 0.6) is 0 Å². The Bertz CT molecular complexity index is 848. The van der Waals surface area contributed by atoms with Crippen LogP contribution in [0.15, 0.2) is 60.1 Å². The van der Waals surface area contributed by atoms with Gasteiger partial charge in [-0.05, 0) is 29.9 Å². The summed E-state index contributed by atoms with van der Waals surface area (Å²) < 4.78 is 1.88. The molecule has 3 aromatic rings. The molecule has 0 radical (unpaired) electrons. The Kier molecular flexibility index (Phi) is 5.20. The first-order valence-corrected chi connectivity index (χ1v) is 9.96. The van der Waals surface area contributed by atoms with Gasteiger partial charge in [-0.2, -0.15) is 5.10 Å². The number of aromatic nitrogens is 4. The first-order chi connectivity index (χ1) is 12.8. The number of anilines is 1. The van der Waals surface area contributed by atoms with Crippen LogP contribution < -0.4 is 4.90 Å². The van der Waals surface area contributed by atoms with Gasteiger partial charge in [-0.1, -0.05) is 30.3 Å². The molecule has 0 N–H and O–H groups in total. The maximum Gasteiger partial charge on any atom is 0.148 e. The summed E-state index contributed by atoms with van der Waals surface area (Å²) in [5, 5.41) is 5.26. The van der Waals surface area contributed by atoms with Crippen LogP contribution in [0.3, 0.4) is 0 Å². The lowest BCUT2D eigenvalue weighted by Crippen LogP contribution is -2.21. The van der Waals surface area contributed by atoms with Gasteiger partial charge >= 0.3 is 0 Å². The summed E-state index contributed by atoms with van der Waals surface area (Å²) in [5.41, 5.74) is 2.63. The summed E-state index contributed by atoms with van der Waals surface area (Å²) in [6.45, 7) is 2.09. The van der Waals surface area contributed by atoms with Crippen LogP contribution in [0, 0.1) is 5.92 Å². The number of aryl methyl sites for hydroxylation is 1. The second-order valence-corrected chi connectivity index (χ2v) is 7.81. The van der Waals surface area contributed by atoms with E-state index >= 15 is 0 Å². The molecule has 1 aromatic carbocycles. The molecular weight excluding hydrogens is 342 g/mol. The van der Waals surface area contributed by atoms with Crippen LogP contribution in [0.2, 0.25) is 0 Å². The van der Waals surface area contributed by atoms with E-state index < -0.39 is 0 Å². The van der Waals surface area contributed by atoms with E-state index in [0.717, 1.165) is 36.1 Å². The predicted octanol–water partition coefficient (Wildman–Crippen LogP) is 3.57. The fourth-order valence-electron chi connectivity index (χ4n) is 3.41. The first-order valence-electron chi connectivity index (χ1n) is 8.97. The second kappa shape index (κ2) is 7.91. The van der Waals surface area contributed by atoms with Crippen molar-refractivity contribution in [1.29, 1.82) is 0 Å². The molecule has 0 bridgehead atoms. The monoisotopic (exact) mass is 365 g/mol. The highest BCUT2D eigenvalue weighted by Gasteiger charge is 2.24. The van der Waals surface area contributed by atoms with Crippen molar-refractivity contribution in [3.8, 4) is 0 Å². The number of hydrogen-bond donors (Lipinski definition) is 0. The van der Waals surface area contributed by atoms with Crippen molar-refractivity contribution in [3.05, 3.63) is 66.2 Å². The third-order valence-electron chi connectivity index (χ3n) is 4.72.